The van der Waals surface area contributed by atoms with E-state index in [9.17, 15) is 14.4 Å². The van der Waals surface area contributed by atoms with Gasteiger partial charge >= 0.3 is 0 Å². The number of nitrogens with one attached hydrogen (secondary N) is 3. The Bertz CT molecular complexity index is 2210. The number of nitrogens with zero attached hydrogens (tertiary/aromatic N) is 1. The van der Waals surface area contributed by atoms with E-state index in [1.165, 1.54) is 23.1 Å². The summed E-state index contributed by atoms with van der Waals surface area (Å²) in [5.74, 6) is 0.120. The number of carbonyl (C=O) groups excluding carboxylic acids is 3. The molecule has 1 atom stereocenters. The molecule has 266 valence electrons. The highest BCUT2D eigenvalue weighted by Crippen LogP contribution is 2.38. The van der Waals surface area contributed by atoms with Crippen LogP contribution in [-0.2, 0) is 9.59 Å². The molecule has 0 saturated heterocycles. The molecule has 6 rings (SSSR count). The number of hydrogen-bond acceptors (Lipinski definition) is 8. The van der Waals surface area contributed by atoms with Crippen LogP contribution in [0.15, 0.2) is 149 Å². The van der Waals surface area contributed by atoms with Crippen LogP contribution in [0.4, 0.5) is 10.8 Å². The van der Waals surface area contributed by atoms with Gasteiger partial charge in [-0.2, -0.15) is 0 Å². The average molecular weight is 741 g/mol. The number of rotatable bonds is 14. The first-order valence-electron chi connectivity index (χ1n) is 16.7. The zero-order valence-electron chi connectivity index (χ0n) is 28.9. The number of methoxy groups -OCH3 is 1. The monoisotopic (exact) mass is 740 g/mol. The molecule has 11 heteroatoms. The highest BCUT2D eigenvalue weighted by atomic mass is 32.2. The topological polar surface area (TPSA) is 119 Å². The molecule has 0 aliphatic carbocycles. The largest absolute Gasteiger partial charge is 0.497 e. The number of hydrogen-bond donors (Lipinski definition) is 3. The Hall–Kier alpha value is -6.17. The molecule has 0 fully saturated rings. The Labute approximate surface area is 316 Å². The van der Waals surface area contributed by atoms with Crippen molar-refractivity contribution in [1.82, 2.24) is 10.3 Å². The quantitative estimate of drug-likeness (QED) is 0.0753. The van der Waals surface area contributed by atoms with Crippen LogP contribution in [0.1, 0.15) is 33.7 Å². The van der Waals surface area contributed by atoms with Gasteiger partial charge in [0, 0.05) is 32.7 Å². The van der Waals surface area contributed by atoms with Gasteiger partial charge < -0.3 is 25.4 Å². The highest BCUT2D eigenvalue weighted by Gasteiger charge is 2.24. The Morgan fingerprint density at radius 1 is 0.830 bits per heavy atom. The molecule has 6 aromatic rings. The SMILES string of the molecule is CCOc1ccccc1/C=C(/NC(=O)c1ccccc1)C(=O)Nc1cccc(SC(C(=O)Nc2nc(-c3ccc(OC)cc3)cs2)c2ccccc2)c1. The van der Waals surface area contributed by atoms with Crippen LogP contribution in [0.5, 0.6) is 11.5 Å². The summed E-state index contributed by atoms with van der Waals surface area (Å²) in [4.78, 5) is 46.3. The summed E-state index contributed by atoms with van der Waals surface area (Å²) in [5.41, 5.74) is 4.00. The number of carbonyl (C=O) groups is 3. The van der Waals surface area contributed by atoms with Crippen LogP contribution in [0.3, 0.4) is 0 Å². The minimum absolute atomic E-state index is 0.0306. The summed E-state index contributed by atoms with van der Waals surface area (Å²) in [6.07, 6.45) is 1.59. The molecule has 1 unspecified atom stereocenters. The predicted octanol–water partition coefficient (Wildman–Crippen LogP) is 9.10. The summed E-state index contributed by atoms with van der Waals surface area (Å²) < 4.78 is 11.0. The Morgan fingerprint density at radius 2 is 1.55 bits per heavy atom. The van der Waals surface area contributed by atoms with Crippen LogP contribution < -0.4 is 25.4 Å². The number of anilines is 2. The van der Waals surface area contributed by atoms with Crippen LogP contribution in [0.25, 0.3) is 17.3 Å². The van der Waals surface area contributed by atoms with E-state index in [2.05, 4.69) is 20.9 Å². The van der Waals surface area contributed by atoms with Crippen LogP contribution >= 0.6 is 23.1 Å². The third-order valence-corrected chi connectivity index (χ3v) is 9.86. The van der Waals surface area contributed by atoms with Crippen molar-refractivity contribution in [3.63, 3.8) is 0 Å². The summed E-state index contributed by atoms with van der Waals surface area (Å²) in [6, 6.07) is 40.2. The average Bonchev–Trinajstić information content (AvgIpc) is 3.66. The maximum atomic E-state index is 13.9. The van der Waals surface area contributed by atoms with Gasteiger partial charge in [0.25, 0.3) is 11.8 Å². The number of aromatic nitrogens is 1. The molecule has 0 spiro atoms. The Balaban J connectivity index is 1.22. The molecule has 53 heavy (non-hydrogen) atoms. The van der Waals surface area contributed by atoms with Gasteiger partial charge in [-0.15, -0.1) is 23.1 Å². The minimum atomic E-state index is -0.633. The van der Waals surface area contributed by atoms with Gasteiger partial charge in [-0.3, -0.25) is 14.4 Å². The Kier molecular flexibility index (Phi) is 12.3. The molecule has 5 aromatic carbocycles. The zero-order chi connectivity index (χ0) is 37.0. The highest BCUT2D eigenvalue weighted by molar-refractivity contribution is 8.00. The normalized spacial score (nSPS) is 11.6. The van der Waals surface area contributed by atoms with Gasteiger partial charge in [-0.1, -0.05) is 72.8 Å². The standard InChI is InChI=1S/C42H36N4O5S2/c1-3-51-37-20-11-10-17-31(37)25-35(44-39(47)30-15-8-5-9-16-30)40(48)43-32-18-12-19-34(26-32)53-38(29-13-6-4-7-14-29)41(49)46-42-45-36(27-52-42)28-21-23-33(50-2)24-22-28/h4-27,38H,3H2,1-2H3,(H,43,48)(H,44,47)(H,45,46,49)/b35-25+. The summed E-state index contributed by atoms with van der Waals surface area (Å²) >= 11 is 2.69. The molecule has 3 N–H and O–H groups in total. The lowest BCUT2D eigenvalue weighted by atomic mass is 10.1. The van der Waals surface area contributed by atoms with E-state index in [0.717, 1.165) is 27.5 Å². The number of thiazole rings is 1. The third-order valence-electron chi connectivity index (χ3n) is 7.85. The molecule has 1 heterocycles. The number of para-hydroxylation sites is 1. The third kappa shape index (κ3) is 9.79. The number of benzene rings is 5. The van der Waals surface area contributed by atoms with Crippen molar-refractivity contribution >= 4 is 57.7 Å². The van der Waals surface area contributed by atoms with Crippen LogP contribution in [-0.4, -0.2) is 36.4 Å². The second-order valence-corrected chi connectivity index (χ2v) is 13.5. The van der Waals surface area contributed by atoms with Crippen molar-refractivity contribution in [3.8, 4) is 22.8 Å². The molecule has 0 bridgehead atoms. The molecule has 1 aromatic heterocycles. The van der Waals surface area contributed by atoms with E-state index in [1.54, 1.807) is 61.7 Å². The Morgan fingerprint density at radius 3 is 2.28 bits per heavy atom. The lowest BCUT2D eigenvalue weighted by molar-refractivity contribution is -0.116. The van der Waals surface area contributed by atoms with Crippen molar-refractivity contribution in [2.75, 3.05) is 24.4 Å². The first-order valence-corrected chi connectivity index (χ1v) is 18.5. The summed E-state index contributed by atoms with van der Waals surface area (Å²) in [7, 11) is 1.62. The van der Waals surface area contributed by atoms with Crippen LogP contribution in [0, 0.1) is 0 Å². The lowest BCUT2D eigenvalue weighted by Crippen LogP contribution is -2.30. The molecule has 0 aliphatic heterocycles. The van der Waals surface area contributed by atoms with Gasteiger partial charge in [-0.25, -0.2) is 4.98 Å². The number of ether oxygens (including phenoxy) is 2. The van der Waals surface area contributed by atoms with Crippen molar-refractivity contribution in [1.29, 1.82) is 0 Å². The number of amides is 3. The van der Waals surface area contributed by atoms with Gasteiger partial charge in [0.15, 0.2) is 5.13 Å². The number of thioether (sulfide) groups is 1. The fraction of sp³-hybridized carbons (Fsp3) is 0.0952. The van der Waals surface area contributed by atoms with E-state index in [-0.39, 0.29) is 11.6 Å². The van der Waals surface area contributed by atoms with E-state index in [4.69, 9.17) is 9.47 Å². The van der Waals surface area contributed by atoms with Crippen molar-refractivity contribution < 1.29 is 23.9 Å². The van der Waals surface area contributed by atoms with E-state index in [0.29, 0.717) is 34.3 Å². The van der Waals surface area contributed by atoms with Crippen molar-refractivity contribution in [2.45, 2.75) is 17.1 Å². The molecular weight excluding hydrogens is 705 g/mol. The molecule has 3 amide bonds. The molecule has 9 nitrogen and oxygen atoms in total. The molecule has 0 radical (unpaired) electrons. The van der Waals surface area contributed by atoms with Gasteiger partial charge in [0.05, 0.1) is 19.4 Å². The van der Waals surface area contributed by atoms with Crippen molar-refractivity contribution in [3.05, 3.63) is 161 Å². The van der Waals surface area contributed by atoms with Crippen LogP contribution in [0.2, 0.25) is 0 Å². The summed E-state index contributed by atoms with van der Waals surface area (Å²) in [6.45, 7) is 2.31. The lowest BCUT2D eigenvalue weighted by Gasteiger charge is -2.17. The zero-order valence-corrected chi connectivity index (χ0v) is 30.6. The fourth-order valence-corrected chi connectivity index (χ4v) is 7.07. The minimum Gasteiger partial charge on any atom is -0.497 e. The van der Waals surface area contributed by atoms with E-state index in [1.807, 2.05) is 97.2 Å². The van der Waals surface area contributed by atoms with E-state index >= 15 is 0 Å². The maximum absolute atomic E-state index is 13.9. The first-order chi connectivity index (χ1) is 25.9. The predicted molar refractivity (Wildman–Crippen MR) is 212 cm³/mol. The second kappa shape index (κ2) is 17.9. The first kappa shape index (κ1) is 36.6. The van der Waals surface area contributed by atoms with Crippen molar-refractivity contribution in [2.24, 2.45) is 0 Å². The molecule has 0 saturated carbocycles. The van der Waals surface area contributed by atoms with E-state index < -0.39 is 17.1 Å². The van der Waals surface area contributed by atoms with Gasteiger partial charge in [0.1, 0.15) is 22.4 Å². The summed E-state index contributed by atoms with van der Waals surface area (Å²) in [5, 5.41) is 10.4. The maximum Gasteiger partial charge on any atom is 0.272 e. The molecule has 0 aliphatic rings. The fourth-order valence-electron chi connectivity index (χ4n) is 5.26. The van der Waals surface area contributed by atoms with Gasteiger partial charge in [0.2, 0.25) is 5.91 Å². The van der Waals surface area contributed by atoms with Gasteiger partial charge in [-0.05, 0) is 79.2 Å². The second-order valence-electron chi connectivity index (χ2n) is 11.5. The molecular formula is C42H36N4O5S2. The smallest absolute Gasteiger partial charge is 0.272 e.